The lowest BCUT2D eigenvalue weighted by molar-refractivity contribution is 0.0991. The molecule has 0 unspecified atom stereocenters. The summed E-state index contributed by atoms with van der Waals surface area (Å²) in [6.07, 6.45) is 1.40. The number of fused-ring (bicyclic) bond motifs is 1. The number of hydrogen-bond acceptors (Lipinski definition) is 3. The summed E-state index contributed by atoms with van der Waals surface area (Å²) < 4.78 is 10.5. The maximum absolute atomic E-state index is 11.7. The lowest BCUT2D eigenvalue weighted by Crippen LogP contribution is -2.01. The quantitative estimate of drug-likeness (QED) is 0.743. The van der Waals surface area contributed by atoms with Crippen molar-refractivity contribution in [2.24, 2.45) is 0 Å². The molecule has 0 saturated heterocycles. The largest absolute Gasteiger partial charge is 0.493 e. The number of aryl methyl sites for hydroxylation is 1. The Kier molecular flexibility index (Phi) is 2.39. The third-order valence-electron chi connectivity index (χ3n) is 2.88. The summed E-state index contributed by atoms with van der Waals surface area (Å²) in [5.74, 6) is 1.38. The number of Topliss-reactive ketones (excluding diaryl/α,β-unsaturated/α-hetero) is 1. The van der Waals surface area contributed by atoms with Crippen LogP contribution in [0.25, 0.3) is 0 Å². The summed E-state index contributed by atoms with van der Waals surface area (Å²) in [5.41, 5.74) is 2.93. The number of ether oxygens (including phenoxy) is 2. The summed E-state index contributed by atoms with van der Waals surface area (Å²) in [4.78, 5) is 11.7. The van der Waals surface area contributed by atoms with Gasteiger partial charge in [-0.15, -0.1) is 0 Å². The van der Waals surface area contributed by atoms with Crippen LogP contribution in [0.5, 0.6) is 11.5 Å². The van der Waals surface area contributed by atoms with E-state index in [1.807, 2.05) is 13.0 Å². The zero-order chi connectivity index (χ0) is 11.0. The van der Waals surface area contributed by atoms with Crippen molar-refractivity contribution in [3.8, 4) is 11.5 Å². The first-order chi connectivity index (χ1) is 7.19. The molecule has 0 aromatic heterocycles. The smallest absolute Gasteiger partial charge is 0.171 e. The van der Waals surface area contributed by atoms with Crippen molar-refractivity contribution in [1.82, 2.24) is 0 Å². The molecular weight excluding hydrogens is 192 g/mol. The molecule has 1 aromatic carbocycles. The molecule has 0 radical (unpaired) electrons. The van der Waals surface area contributed by atoms with Gasteiger partial charge >= 0.3 is 0 Å². The van der Waals surface area contributed by atoms with Crippen molar-refractivity contribution in [1.29, 1.82) is 0 Å². The van der Waals surface area contributed by atoms with Crippen molar-refractivity contribution >= 4 is 5.78 Å². The molecule has 1 aromatic rings. The Bertz CT molecular complexity index is 421. The van der Waals surface area contributed by atoms with Gasteiger partial charge in [0, 0.05) is 6.42 Å². The summed E-state index contributed by atoms with van der Waals surface area (Å²) in [6.45, 7) is 2.00. The third kappa shape index (κ3) is 1.39. The van der Waals surface area contributed by atoms with Crippen molar-refractivity contribution in [3.63, 3.8) is 0 Å². The molecule has 2 rings (SSSR count). The fraction of sp³-hybridized carbons (Fsp3) is 0.417. The number of ketones is 1. The number of rotatable bonds is 2. The molecular formula is C12H14O3. The van der Waals surface area contributed by atoms with Gasteiger partial charge in [-0.1, -0.05) is 0 Å². The van der Waals surface area contributed by atoms with E-state index in [2.05, 4.69) is 0 Å². The number of carbonyl (C=O) groups is 1. The van der Waals surface area contributed by atoms with Crippen LogP contribution in [0.2, 0.25) is 0 Å². The van der Waals surface area contributed by atoms with Crippen molar-refractivity contribution in [2.75, 3.05) is 14.2 Å². The predicted molar refractivity (Wildman–Crippen MR) is 56.9 cm³/mol. The van der Waals surface area contributed by atoms with Gasteiger partial charge in [0.05, 0.1) is 19.8 Å². The van der Waals surface area contributed by atoms with Gasteiger partial charge in [0.25, 0.3) is 0 Å². The monoisotopic (exact) mass is 206 g/mol. The predicted octanol–water partition coefficient (Wildman–Crippen LogP) is 2.14. The molecule has 0 bridgehead atoms. The second-order valence-corrected chi connectivity index (χ2v) is 3.71. The van der Waals surface area contributed by atoms with Crippen LogP contribution >= 0.6 is 0 Å². The second kappa shape index (κ2) is 3.57. The number of hydrogen-bond donors (Lipinski definition) is 0. The van der Waals surface area contributed by atoms with E-state index in [1.54, 1.807) is 14.2 Å². The lowest BCUT2D eigenvalue weighted by atomic mass is 10.0. The van der Waals surface area contributed by atoms with Crippen molar-refractivity contribution in [2.45, 2.75) is 19.8 Å². The van der Waals surface area contributed by atoms with Crippen molar-refractivity contribution < 1.29 is 14.3 Å². The fourth-order valence-electron chi connectivity index (χ4n) is 2.14. The van der Waals surface area contributed by atoms with E-state index >= 15 is 0 Å². The Labute approximate surface area is 89.0 Å². The topological polar surface area (TPSA) is 35.5 Å². The highest BCUT2D eigenvalue weighted by Gasteiger charge is 2.28. The van der Waals surface area contributed by atoms with Gasteiger partial charge in [-0.2, -0.15) is 0 Å². The zero-order valence-electron chi connectivity index (χ0n) is 9.22. The molecule has 0 heterocycles. The maximum atomic E-state index is 11.7. The molecule has 0 fully saturated rings. The van der Waals surface area contributed by atoms with Crippen LogP contribution in [0.15, 0.2) is 6.07 Å². The van der Waals surface area contributed by atoms with Crippen LogP contribution in [0, 0.1) is 6.92 Å². The molecule has 3 heteroatoms. The minimum Gasteiger partial charge on any atom is -0.493 e. The van der Waals surface area contributed by atoms with E-state index < -0.39 is 0 Å². The molecule has 0 spiro atoms. The Morgan fingerprint density at radius 3 is 2.53 bits per heavy atom. The normalized spacial score (nSPS) is 13.9. The third-order valence-corrected chi connectivity index (χ3v) is 2.88. The molecule has 0 N–H and O–H groups in total. The molecule has 3 nitrogen and oxygen atoms in total. The maximum Gasteiger partial charge on any atom is 0.171 e. The highest BCUT2D eigenvalue weighted by Crippen LogP contribution is 2.40. The highest BCUT2D eigenvalue weighted by atomic mass is 16.5. The van der Waals surface area contributed by atoms with E-state index in [0.717, 1.165) is 17.5 Å². The molecule has 1 aliphatic carbocycles. The van der Waals surface area contributed by atoms with Gasteiger partial charge in [0.15, 0.2) is 17.3 Å². The van der Waals surface area contributed by atoms with Gasteiger partial charge in [0.1, 0.15) is 0 Å². The first kappa shape index (κ1) is 10.0. The van der Waals surface area contributed by atoms with Crippen LogP contribution in [-0.4, -0.2) is 20.0 Å². The van der Waals surface area contributed by atoms with E-state index in [-0.39, 0.29) is 5.78 Å². The second-order valence-electron chi connectivity index (χ2n) is 3.71. The standard InChI is InChI=1S/C12H14O3/c1-7-6-10(14-2)12(15-3)11-8(7)4-5-9(11)13/h6H,4-5H2,1-3H3. The Morgan fingerprint density at radius 1 is 1.20 bits per heavy atom. The first-order valence-electron chi connectivity index (χ1n) is 4.96. The SMILES string of the molecule is COc1cc(C)c2c(c1OC)C(=O)CC2. The molecule has 0 aliphatic heterocycles. The van der Waals surface area contributed by atoms with Gasteiger partial charge in [-0.05, 0) is 30.5 Å². The van der Waals surface area contributed by atoms with Crippen LogP contribution in [-0.2, 0) is 6.42 Å². The van der Waals surface area contributed by atoms with Gasteiger partial charge in [-0.25, -0.2) is 0 Å². The van der Waals surface area contributed by atoms with Gasteiger partial charge in [0.2, 0.25) is 0 Å². The minimum atomic E-state index is 0.156. The van der Waals surface area contributed by atoms with Crippen LogP contribution in [0.3, 0.4) is 0 Å². The lowest BCUT2D eigenvalue weighted by Gasteiger charge is -2.13. The summed E-state index contributed by atoms with van der Waals surface area (Å²) >= 11 is 0. The average molecular weight is 206 g/mol. The van der Waals surface area contributed by atoms with Crippen molar-refractivity contribution in [3.05, 3.63) is 22.8 Å². The van der Waals surface area contributed by atoms with Gasteiger partial charge < -0.3 is 9.47 Å². The van der Waals surface area contributed by atoms with Crippen LogP contribution in [0.1, 0.15) is 27.9 Å². The van der Waals surface area contributed by atoms with E-state index in [9.17, 15) is 4.79 Å². The molecule has 15 heavy (non-hydrogen) atoms. The number of carbonyl (C=O) groups excluding carboxylic acids is 1. The molecule has 0 saturated carbocycles. The summed E-state index contributed by atoms with van der Waals surface area (Å²) in [7, 11) is 3.15. The number of methoxy groups -OCH3 is 2. The van der Waals surface area contributed by atoms with Crippen LogP contribution in [0.4, 0.5) is 0 Å². The molecule has 0 amide bonds. The summed E-state index contributed by atoms with van der Waals surface area (Å²) in [6, 6.07) is 1.93. The van der Waals surface area contributed by atoms with E-state index in [0.29, 0.717) is 23.5 Å². The van der Waals surface area contributed by atoms with E-state index in [1.165, 1.54) is 0 Å². The Hall–Kier alpha value is -1.51. The molecule has 1 aliphatic rings. The minimum absolute atomic E-state index is 0.156. The van der Waals surface area contributed by atoms with Crippen LogP contribution < -0.4 is 9.47 Å². The first-order valence-corrected chi connectivity index (χ1v) is 4.96. The van der Waals surface area contributed by atoms with E-state index in [4.69, 9.17) is 9.47 Å². The zero-order valence-corrected chi connectivity index (χ0v) is 9.22. The molecule has 80 valence electrons. The molecule has 0 atom stereocenters. The van der Waals surface area contributed by atoms with Gasteiger partial charge in [-0.3, -0.25) is 4.79 Å². The fourth-order valence-corrected chi connectivity index (χ4v) is 2.14. The Morgan fingerprint density at radius 2 is 1.93 bits per heavy atom. The highest BCUT2D eigenvalue weighted by molar-refractivity contribution is 6.04. The summed E-state index contributed by atoms with van der Waals surface area (Å²) in [5, 5.41) is 0. The average Bonchev–Trinajstić information content (AvgIpc) is 2.61. The number of benzene rings is 1. The Balaban J connectivity index is 2.71.